The van der Waals surface area contributed by atoms with E-state index in [0.29, 0.717) is 10.2 Å². The van der Waals surface area contributed by atoms with Crippen molar-refractivity contribution in [2.75, 3.05) is 0 Å². The van der Waals surface area contributed by atoms with E-state index >= 15 is 0 Å². The molecule has 1 N–H and O–H groups in total. The van der Waals surface area contributed by atoms with Crippen molar-refractivity contribution in [3.05, 3.63) is 49.7 Å². The van der Waals surface area contributed by atoms with Gasteiger partial charge < -0.3 is 5.11 Å². The molecule has 0 bridgehead atoms. The van der Waals surface area contributed by atoms with E-state index in [-0.39, 0.29) is 12.0 Å². The maximum Gasteiger partial charge on any atom is 0.133 e. The van der Waals surface area contributed by atoms with Crippen LogP contribution in [0, 0.1) is 18.6 Å². The molecule has 1 aromatic carbocycles. The highest BCUT2D eigenvalue weighted by molar-refractivity contribution is 9.10. The molecule has 0 aliphatic carbocycles. The molecule has 3 nitrogen and oxygen atoms in total. The summed E-state index contributed by atoms with van der Waals surface area (Å²) in [7, 11) is 1.72. The van der Waals surface area contributed by atoms with Gasteiger partial charge in [0, 0.05) is 17.9 Å². The number of rotatable bonds is 3. The summed E-state index contributed by atoms with van der Waals surface area (Å²) in [6, 6.07) is 2.26. The van der Waals surface area contributed by atoms with E-state index in [0.717, 1.165) is 22.3 Å². The van der Waals surface area contributed by atoms with E-state index in [4.69, 9.17) is 0 Å². The Kier molecular flexibility index (Phi) is 4.61. The molecular weight excluding hydrogens is 398 g/mol. The minimum Gasteiger partial charge on any atom is -0.388 e. The van der Waals surface area contributed by atoms with Gasteiger partial charge in [0.15, 0.2) is 0 Å². The number of hydrogen-bond acceptors (Lipinski definition) is 2. The van der Waals surface area contributed by atoms with Crippen LogP contribution in [0.25, 0.3) is 0 Å². The fourth-order valence-electron chi connectivity index (χ4n) is 2.06. The number of aliphatic hydroxyl groups excluding tert-OH is 1. The van der Waals surface area contributed by atoms with Crippen molar-refractivity contribution in [2.24, 2.45) is 7.05 Å². The summed E-state index contributed by atoms with van der Waals surface area (Å²) in [5.41, 5.74) is 1.10. The van der Waals surface area contributed by atoms with Gasteiger partial charge in [-0.25, -0.2) is 8.78 Å². The number of aryl methyl sites for hydroxylation is 2. The first-order valence-electron chi connectivity index (χ1n) is 5.81. The van der Waals surface area contributed by atoms with E-state index < -0.39 is 17.7 Å². The van der Waals surface area contributed by atoms with Gasteiger partial charge in [0.05, 0.1) is 27.5 Å². The highest BCUT2D eigenvalue weighted by atomic mass is 79.9. The molecule has 0 fully saturated rings. The number of halogens is 4. The van der Waals surface area contributed by atoms with Gasteiger partial charge in [-0.2, -0.15) is 5.10 Å². The van der Waals surface area contributed by atoms with Crippen LogP contribution in [0.4, 0.5) is 8.78 Å². The second-order valence-corrected chi connectivity index (χ2v) is 6.18. The van der Waals surface area contributed by atoms with Gasteiger partial charge in [-0.15, -0.1) is 0 Å². The van der Waals surface area contributed by atoms with Crippen LogP contribution in [0.3, 0.4) is 0 Å². The van der Waals surface area contributed by atoms with Gasteiger partial charge in [-0.05, 0) is 35.0 Å². The van der Waals surface area contributed by atoms with Crippen molar-refractivity contribution in [1.82, 2.24) is 9.78 Å². The second kappa shape index (κ2) is 5.91. The zero-order valence-electron chi connectivity index (χ0n) is 10.8. The Morgan fingerprint density at radius 3 is 2.30 bits per heavy atom. The van der Waals surface area contributed by atoms with Crippen LogP contribution in [-0.4, -0.2) is 14.9 Å². The predicted octanol–water partition coefficient (Wildman–Crippen LogP) is 3.81. The second-order valence-electron chi connectivity index (χ2n) is 4.47. The Hall–Kier alpha value is -0.790. The lowest BCUT2D eigenvalue weighted by molar-refractivity contribution is 0.165. The van der Waals surface area contributed by atoms with Gasteiger partial charge in [0.1, 0.15) is 11.6 Å². The van der Waals surface area contributed by atoms with E-state index in [1.807, 2.05) is 0 Å². The van der Waals surface area contributed by atoms with E-state index in [1.165, 1.54) is 0 Å². The fourth-order valence-corrected chi connectivity index (χ4v) is 2.96. The van der Waals surface area contributed by atoms with Gasteiger partial charge in [-0.3, -0.25) is 4.68 Å². The Morgan fingerprint density at radius 1 is 1.30 bits per heavy atom. The zero-order chi connectivity index (χ0) is 15.0. The number of benzene rings is 1. The highest BCUT2D eigenvalue weighted by Gasteiger charge is 2.22. The lowest BCUT2D eigenvalue weighted by atomic mass is 10.0. The monoisotopic (exact) mass is 408 g/mol. The van der Waals surface area contributed by atoms with E-state index in [2.05, 4.69) is 37.0 Å². The van der Waals surface area contributed by atoms with Crippen LogP contribution in [0.15, 0.2) is 21.1 Å². The van der Waals surface area contributed by atoms with Gasteiger partial charge in [0.25, 0.3) is 0 Å². The van der Waals surface area contributed by atoms with Gasteiger partial charge >= 0.3 is 0 Å². The number of aromatic nitrogens is 2. The third-order valence-electron chi connectivity index (χ3n) is 3.03. The Balaban J connectivity index is 2.36. The average Bonchev–Trinajstić information content (AvgIpc) is 2.54. The largest absolute Gasteiger partial charge is 0.388 e. The zero-order valence-corrected chi connectivity index (χ0v) is 14.0. The summed E-state index contributed by atoms with van der Waals surface area (Å²) in [5, 5.41) is 14.3. The molecule has 2 aromatic rings. The molecule has 1 heterocycles. The van der Waals surface area contributed by atoms with Crippen molar-refractivity contribution in [1.29, 1.82) is 0 Å². The van der Waals surface area contributed by atoms with Crippen LogP contribution < -0.4 is 0 Å². The first-order valence-corrected chi connectivity index (χ1v) is 7.40. The minimum atomic E-state index is -1.28. The Labute approximate surface area is 131 Å². The summed E-state index contributed by atoms with van der Waals surface area (Å²) in [6.07, 6.45) is -1.22. The lowest BCUT2D eigenvalue weighted by Crippen LogP contribution is -2.10. The molecule has 0 spiro atoms. The normalized spacial score (nSPS) is 12.8. The first-order chi connectivity index (χ1) is 9.31. The van der Waals surface area contributed by atoms with Crippen LogP contribution in [0.2, 0.25) is 0 Å². The molecule has 20 heavy (non-hydrogen) atoms. The molecule has 1 unspecified atom stereocenters. The maximum atomic E-state index is 13.8. The third kappa shape index (κ3) is 2.94. The van der Waals surface area contributed by atoms with Crippen molar-refractivity contribution in [2.45, 2.75) is 19.4 Å². The van der Waals surface area contributed by atoms with Crippen molar-refractivity contribution >= 4 is 31.9 Å². The van der Waals surface area contributed by atoms with Crippen molar-refractivity contribution in [3.63, 3.8) is 0 Å². The maximum absolute atomic E-state index is 13.8. The van der Waals surface area contributed by atoms with Crippen LogP contribution >= 0.6 is 31.9 Å². The third-order valence-corrected chi connectivity index (χ3v) is 4.51. The SMILES string of the molecule is Cc1nn(C)c(CC(O)c2c(F)cc(Br)cc2F)c1Br. The fraction of sp³-hybridized carbons (Fsp3) is 0.308. The summed E-state index contributed by atoms with van der Waals surface area (Å²) < 4.78 is 30.2. The lowest BCUT2D eigenvalue weighted by Gasteiger charge is -2.14. The molecule has 0 amide bonds. The molecule has 0 aliphatic heterocycles. The van der Waals surface area contributed by atoms with Crippen LogP contribution in [-0.2, 0) is 13.5 Å². The molecular formula is C13H12Br2F2N2O. The predicted molar refractivity (Wildman–Crippen MR) is 78.4 cm³/mol. The topological polar surface area (TPSA) is 38.0 Å². The van der Waals surface area contributed by atoms with E-state index in [1.54, 1.807) is 18.7 Å². The minimum absolute atomic E-state index is 0.0629. The Morgan fingerprint density at radius 2 is 1.85 bits per heavy atom. The van der Waals surface area contributed by atoms with Crippen molar-refractivity contribution < 1.29 is 13.9 Å². The van der Waals surface area contributed by atoms with E-state index in [9.17, 15) is 13.9 Å². The summed E-state index contributed by atoms with van der Waals surface area (Å²) >= 11 is 6.37. The molecule has 7 heteroatoms. The molecule has 0 radical (unpaired) electrons. The highest BCUT2D eigenvalue weighted by Crippen LogP contribution is 2.30. The quantitative estimate of drug-likeness (QED) is 0.836. The molecule has 1 atom stereocenters. The summed E-state index contributed by atoms with van der Waals surface area (Å²) in [5.74, 6) is -1.56. The molecule has 1 aromatic heterocycles. The smallest absolute Gasteiger partial charge is 0.133 e. The molecule has 0 saturated heterocycles. The Bertz CT molecular complexity index is 635. The first kappa shape index (κ1) is 15.6. The number of aliphatic hydroxyl groups is 1. The molecule has 0 aliphatic rings. The summed E-state index contributed by atoms with van der Waals surface area (Å²) in [6.45, 7) is 1.81. The molecule has 2 rings (SSSR count). The van der Waals surface area contributed by atoms with Gasteiger partial charge in [-0.1, -0.05) is 15.9 Å². The molecule has 108 valence electrons. The standard InChI is InChI=1S/C13H12Br2F2N2O/c1-6-13(15)10(19(2)18-6)5-11(20)12-8(16)3-7(14)4-9(12)17/h3-4,11,20H,5H2,1-2H3. The van der Waals surface area contributed by atoms with Crippen LogP contribution in [0.5, 0.6) is 0 Å². The van der Waals surface area contributed by atoms with Gasteiger partial charge in [0.2, 0.25) is 0 Å². The number of nitrogens with zero attached hydrogens (tertiary/aromatic N) is 2. The van der Waals surface area contributed by atoms with Crippen molar-refractivity contribution in [3.8, 4) is 0 Å². The number of hydrogen-bond donors (Lipinski definition) is 1. The molecule has 0 saturated carbocycles. The average molecular weight is 410 g/mol. The summed E-state index contributed by atoms with van der Waals surface area (Å²) in [4.78, 5) is 0. The van der Waals surface area contributed by atoms with Crippen LogP contribution in [0.1, 0.15) is 23.1 Å².